The SMILES string of the molecule is CC(C)CNC(=O)COn1nnc2ccc(S(=O)(=O)N3C[C@H](C)C[C@@H](C)C3)cc21. The van der Waals surface area contributed by atoms with Crippen molar-refractivity contribution in [2.24, 2.45) is 17.8 Å². The van der Waals surface area contributed by atoms with Crippen LogP contribution < -0.4 is 10.2 Å². The van der Waals surface area contributed by atoms with Gasteiger partial charge in [-0.05, 0) is 47.6 Å². The normalized spacial score (nSPS) is 20.9. The van der Waals surface area contributed by atoms with Gasteiger partial charge in [-0.15, -0.1) is 5.10 Å². The molecule has 10 heteroatoms. The molecule has 1 amide bonds. The molecule has 9 nitrogen and oxygen atoms in total. The van der Waals surface area contributed by atoms with E-state index in [4.69, 9.17) is 4.84 Å². The van der Waals surface area contributed by atoms with Gasteiger partial charge in [0.2, 0.25) is 10.0 Å². The molecule has 0 bridgehead atoms. The van der Waals surface area contributed by atoms with E-state index < -0.39 is 10.0 Å². The summed E-state index contributed by atoms with van der Waals surface area (Å²) in [4.78, 5) is 18.6. The van der Waals surface area contributed by atoms with Crippen molar-refractivity contribution < 1.29 is 18.0 Å². The molecule has 1 fully saturated rings. The molecule has 0 unspecified atom stereocenters. The number of nitrogens with one attached hydrogen (secondary N) is 1. The van der Waals surface area contributed by atoms with Crippen LogP contribution in [-0.4, -0.2) is 60.0 Å². The van der Waals surface area contributed by atoms with E-state index in [0.717, 1.165) is 11.3 Å². The summed E-state index contributed by atoms with van der Waals surface area (Å²) in [6, 6.07) is 4.64. The van der Waals surface area contributed by atoms with Crippen molar-refractivity contribution in [3.05, 3.63) is 18.2 Å². The Kier molecular flexibility index (Phi) is 6.42. The van der Waals surface area contributed by atoms with E-state index in [1.807, 2.05) is 13.8 Å². The van der Waals surface area contributed by atoms with Crippen molar-refractivity contribution in [1.82, 2.24) is 24.8 Å². The molecular weight excluding hydrogens is 394 g/mol. The lowest BCUT2D eigenvalue weighted by Crippen LogP contribution is -2.42. The number of fused-ring (bicyclic) bond motifs is 1. The number of carbonyl (C=O) groups excluding carboxylic acids is 1. The van der Waals surface area contributed by atoms with Gasteiger partial charge in [0.05, 0.1) is 4.90 Å². The van der Waals surface area contributed by atoms with Gasteiger partial charge in [0.15, 0.2) is 6.61 Å². The zero-order valence-electron chi connectivity index (χ0n) is 17.3. The molecule has 29 heavy (non-hydrogen) atoms. The molecule has 0 aliphatic carbocycles. The third-order valence-electron chi connectivity index (χ3n) is 4.89. The Balaban J connectivity index is 1.79. The van der Waals surface area contributed by atoms with Gasteiger partial charge in [-0.25, -0.2) is 8.42 Å². The van der Waals surface area contributed by atoms with Crippen LogP contribution in [0.4, 0.5) is 0 Å². The fourth-order valence-corrected chi connectivity index (χ4v) is 5.27. The predicted octanol–water partition coefficient (Wildman–Crippen LogP) is 1.30. The maximum absolute atomic E-state index is 13.1. The van der Waals surface area contributed by atoms with Crippen molar-refractivity contribution in [2.45, 2.75) is 39.0 Å². The van der Waals surface area contributed by atoms with Crippen molar-refractivity contribution in [3.8, 4) is 0 Å². The minimum Gasteiger partial charge on any atom is -0.385 e. The first-order chi connectivity index (χ1) is 13.7. The molecule has 3 rings (SSSR count). The fraction of sp³-hybridized carbons (Fsp3) is 0.632. The van der Waals surface area contributed by atoms with Crippen LogP contribution in [0, 0.1) is 17.8 Å². The molecule has 1 N–H and O–H groups in total. The fourth-order valence-electron chi connectivity index (χ4n) is 3.57. The van der Waals surface area contributed by atoms with Gasteiger partial charge in [-0.1, -0.05) is 32.5 Å². The molecule has 2 atom stereocenters. The van der Waals surface area contributed by atoms with E-state index >= 15 is 0 Å². The number of aromatic nitrogens is 3. The highest BCUT2D eigenvalue weighted by Gasteiger charge is 2.32. The number of hydrogen-bond acceptors (Lipinski definition) is 6. The second kappa shape index (κ2) is 8.66. The highest BCUT2D eigenvalue weighted by Crippen LogP contribution is 2.27. The van der Waals surface area contributed by atoms with Crippen LogP contribution in [0.5, 0.6) is 0 Å². The number of amides is 1. The summed E-state index contributed by atoms with van der Waals surface area (Å²) in [6.07, 6.45) is 1.02. The number of benzene rings is 1. The first-order valence-electron chi connectivity index (χ1n) is 9.92. The average Bonchev–Trinajstić information content (AvgIpc) is 3.06. The summed E-state index contributed by atoms with van der Waals surface area (Å²) in [7, 11) is -3.63. The third-order valence-corrected chi connectivity index (χ3v) is 6.71. The summed E-state index contributed by atoms with van der Waals surface area (Å²) in [5, 5.41) is 10.6. The first kappa shape index (κ1) is 21.5. The van der Waals surface area contributed by atoms with Crippen LogP contribution in [0.1, 0.15) is 34.1 Å². The molecule has 0 saturated carbocycles. The number of carbonyl (C=O) groups is 1. The maximum Gasteiger partial charge on any atom is 0.260 e. The molecule has 1 saturated heterocycles. The van der Waals surface area contributed by atoms with E-state index in [2.05, 4.69) is 29.5 Å². The van der Waals surface area contributed by atoms with E-state index in [1.165, 1.54) is 12.1 Å². The lowest BCUT2D eigenvalue weighted by atomic mass is 9.94. The monoisotopic (exact) mass is 423 g/mol. The van der Waals surface area contributed by atoms with Crippen molar-refractivity contribution in [2.75, 3.05) is 26.2 Å². The molecule has 0 radical (unpaired) electrons. The summed E-state index contributed by atoms with van der Waals surface area (Å²) >= 11 is 0. The summed E-state index contributed by atoms with van der Waals surface area (Å²) in [6.45, 7) is 9.47. The average molecular weight is 424 g/mol. The highest BCUT2D eigenvalue weighted by molar-refractivity contribution is 7.89. The van der Waals surface area contributed by atoms with Gasteiger partial charge < -0.3 is 10.2 Å². The highest BCUT2D eigenvalue weighted by atomic mass is 32.2. The lowest BCUT2D eigenvalue weighted by molar-refractivity contribution is -0.126. The number of sulfonamides is 1. The Bertz CT molecular complexity index is 962. The number of hydrogen-bond donors (Lipinski definition) is 1. The van der Waals surface area contributed by atoms with Crippen LogP contribution >= 0.6 is 0 Å². The Labute approximate surface area is 171 Å². The molecule has 1 aliphatic heterocycles. The lowest BCUT2D eigenvalue weighted by Gasteiger charge is -2.34. The molecule has 1 aliphatic rings. The largest absolute Gasteiger partial charge is 0.385 e. The quantitative estimate of drug-likeness (QED) is 0.719. The van der Waals surface area contributed by atoms with Gasteiger partial charge in [0, 0.05) is 19.6 Å². The first-order valence-corrected chi connectivity index (χ1v) is 11.4. The standard InChI is InChI=1S/C19H29N5O4S/c1-13(2)9-20-19(25)12-28-24-18-8-16(5-6-17(18)21-22-24)29(26,27)23-10-14(3)7-15(4)11-23/h5-6,8,13-15H,7,9-12H2,1-4H3,(H,20,25)/t14-,15-/m1/s1. The second-order valence-corrected chi connectivity index (χ2v) is 10.3. The number of nitrogens with zero attached hydrogens (tertiary/aromatic N) is 4. The molecule has 2 aromatic rings. The zero-order chi connectivity index (χ0) is 21.2. The van der Waals surface area contributed by atoms with Crippen LogP contribution in [0.15, 0.2) is 23.1 Å². The summed E-state index contributed by atoms with van der Waals surface area (Å²) < 4.78 is 27.8. The third kappa shape index (κ3) is 5.05. The minimum absolute atomic E-state index is 0.169. The topological polar surface area (TPSA) is 106 Å². The van der Waals surface area contributed by atoms with Crippen LogP contribution in [-0.2, 0) is 14.8 Å². The summed E-state index contributed by atoms with van der Waals surface area (Å²) in [5.41, 5.74) is 0.896. The minimum atomic E-state index is -3.63. The van der Waals surface area contributed by atoms with Gasteiger partial charge in [-0.2, -0.15) is 4.31 Å². The molecular formula is C19H29N5O4S. The van der Waals surface area contributed by atoms with Gasteiger partial charge in [0.25, 0.3) is 5.91 Å². The van der Waals surface area contributed by atoms with E-state index in [9.17, 15) is 13.2 Å². The summed E-state index contributed by atoms with van der Waals surface area (Å²) in [5.74, 6) is 0.691. The maximum atomic E-state index is 13.1. The zero-order valence-corrected chi connectivity index (χ0v) is 18.1. The molecule has 0 spiro atoms. The van der Waals surface area contributed by atoms with Crippen LogP contribution in [0.2, 0.25) is 0 Å². The number of piperidine rings is 1. The Morgan fingerprint density at radius 2 is 1.97 bits per heavy atom. The Morgan fingerprint density at radius 1 is 1.28 bits per heavy atom. The van der Waals surface area contributed by atoms with Crippen molar-refractivity contribution in [3.63, 3.8) is 0 Å². The Hall–Kier alpha value is -2.20. The van der Waals surface area contributed by atoms with E-state index in [0.29, 0.717) is 48.4 Å². The predicted molar refractivity (Wildman–Crippen MR) is 109 cm³/mol. The molecule has 2 heterocycles. The van der Waals surface area contributed by atoms with Crippen LogP contribution in [0.25, 0.3) is 11.0 Å². The Morgan fingerprint density at radius 3 is 2.62 bits per heavy atom. The van der Waals surface area contributed by atoms with Gasteiger partial charge >= 0.3 is 0 Å². The van der Waals surface area contributed by atoms with Crippen molar-refractivity contribution >= 4 is 27.0 Å². The van der Waals surface area contributed by atoms with E-state index in [-0.39, 0.29) is 17.4 Å². The van der Waals surface area contributed by atoms with Crippen molar-refractivity contribution in [1.29, 1.82) is 0 Å². The molecule has 160 valence electrons. The molecule has 1 aromatic heterocycles. The van der Waals surface area contributed by atoms with Gasteiger partial charge in [0.1, 0.15) is 11.0 Å². The number of rotatable bonds is 7. The van der Waals surface area contributed by atoms with Gasteiger partial charge in [-0.3, -0.25) is 4.79 Å². The van der Waals surface area contributed by atoms with Crippen LogP contribution in [0.3, 0.4) is 0 Å². The smallest absolute Gasteiger partial charge is 0.260 e. The van der Waals surface area contributed by atoms with E-state index in [1.54, 1.807) is 10.4 Å². The second-order valence-electron chi connectivity index (χ2n) is 8.35. The molecule has 1 aromatic carbocycles.